The second-order valence-electron chi connectivity index (χ2n) is 6.00. The van der Waals surface area contributed by atoms with Gasteiger partial charge in [-0.1, -0.05) is 40.0 Å². The van der Waals surface area contributed by atoms with Crippen LogP contribution in [0.1, 0.15) is 59.3 Å². The zero-order valence-electron chi connectivity index (χ0n) is 12.0. The molecule has 0 aromatic rings. The molecule has 0 bridgehead atoms. The predicted octanol–water partition coefficient (Wildman–Crippen LogP) is 4.19. The van der Waals surface area contributed by atoms with Crippen LogP contribution in [-0.2, 0) is 0 Å². The molecular formula is C14H31NO. The number of rotatable bonds is 9. The van der Waals surface area contributed by atoms with Gasteiger partial charge in [-0.2, -0.15) is 0 Å². The number of unbranched alkanes of at least 4 members (excludes halogenated alkanes) is 2. The quantitative estimate of drug-likeness (QED) is 0.330. The van der Waals surface area contributed by atoms with Crippen LogP contribution in [0.2, 0.25) is 0 Å². The number of hydrogen-bond acceptors (Lipinski definition) is 1. The molecule has 2 nitrogen and oxygen atoms in total. The van der Waals surface area contributed by atoms with Crippen LogP contribution >= 0.6 is 0 Å². The Morgan fingerprint density at radius 1 is 1.00 bits per heavy atom. The Hall–Kier alpha value is -0.0800. The molecule has 0 saturated carbocycles. The third-order valence-electron chi connectivity index (χ3n) is 3.40. The zero-order chi connectivity index (χ0) is 12.6. The van der Waals surface area contributed by atoms with Gasteiger partial charge in [-0.05, 0) is 31.1 Å². The summed E-state index contributed by atoms with van der Waals surface area (Å²) in [6, 6.07) is 0. The molecule has 2 unspecified atom stereocenters. The monoisotopic (exact) mass is 229 g/mol. The third-order valence-corrected chi connectivity index (χ3v) is 3.40. The van der Waals surface area contributed by atoms with E-state index in [2.05, 4.69) is 20.8 Å². The van der Waals surface area contributed by atoms with Crippen LogP contribution in [0, 0.1) is 17.0 Å². The number of quaternary nitrogens is 1. The maximum absolute atomic E-state index is 11.3. The van der Waals surface area contributed by atoms with E-state index in [4.69, 9.17) is 0 Å². The summed E-state index contributed by atoms with van der Waals surface area (Å²) in [5, 5.41) is 11.3. The Kier molecular flexibility index (Phi) is 8.04. The molecule has 0 saturated heterocycles. The molecule has 0 aliphatic heterocycles. The molecule has 0 aliphatic rings. The van der Waals surface area contributed by atoms with E-state index in [1.165, 1.54) is 32.1 Å². The fraction of sp³-hybridized carbons (Fsp3) is 1.00. The summed E-state index contributed by atoms with van der Waals surface area (Å²) in [6.45, 7) is 7.74. The van der Waals surface area contributed by atoms with E-state index in [-0.39, 0.29) is 4.65 Å². The predicted molar refractivity (Wildman–Crippen MR) is 72.0 cm³/mol. The molecule has 0 rings (SSSR count). The van der Waals surface area contributed by atoms with Gasteiger partial charge in [0, 0.05) is 0 Å². The van der Waals surface area contributed by atoms with Gasteiger partial charge in [-0.15, -0.1) is 0 Å². The van der Waals surface area contributed by atoms with Crippen LogP contribution in [0.25, 0.3) is 0 Å². The summed E-state index contributed by atoms with van der Waals surface area (Å²) < 4.78 is -0.136. The minimum Gasteiger partial charge on any atom is -0.633 e. The first-order valence-corrected chi connectivity index (χ1v) is 6.89. The lowest BCUT2D eigenvalue weighted by Gasteiger charge is -2.33. The number of hydroxylamine groups is 3. The average Bonchev–Trinajstić information content (AvgIpc) is 2.15. The first-order chi connectivity index (χ1) is 7.35. The molecule has 2 atom stereocenters. The van der Waals surface area contributed by atoms with Gasteiger partial charge in [-0.25, -0.2) is 0 Å². The minimum atomic E-state index is -0.136. The van der Waals surface area contributed by atoms with Gasteiger partial charge in [-0.3, -0.25) is 0 Å². The van der Waals surface area contributed by atoms with Crippen molar-refractivity contribution in [3.63, 3.8) is 0 Å². The summed E-state index contributed by atoms with van der Waals surface area (Å²) in [7, 11) is 3.46. The standard InChI is InChI=1S/C14H31NO/c1-6-13(2)12-14(3)10-8-7-9-11-15(4,5)16/h13-14H,6-12H2,1-5H3. The SMILES string of the molecule is CCC(C)CC(C)CCCCC[N+](C)(C)[O-]. The molecule has 0 aromatic carbocycles. The number of hydrogen-bond donors (Lipinski definition) is 0. The van der Waals surface area contributed by atoms with Crippen LogP contribution in [0.3, 0.4) is 0 Å². The Bertz CT molecular complexity index is 163. The molecule has 0 aromatic heterocycles. The van der Waals surface area contributed by atoms with Crippen molar-refractivity contribution in [3.8, 4) is 0 Å². The maximum Gasteiger partial charge on any atom is 0.0779 e. The second kappa shape index (κ2) is 8.08. The van der Waals surface area contributed by atoms with Crippen molar-refractivity contribution in [3.05, 3.63) is 5.21 Å². The highest BCUT2D eigenvalue weighted by atomic mass is 16.5. The Labute approximate surface area is 102 Å². The molecule has 16 heavy (non-hydrogen) atoms. The Morgan fingerprint density at radius 3 is 2.12 bits per heavy atom. The fourth-order valence-electron chi connectivity index (χ4n) is 2.13. The van der Waals surface area contributed by atoms with Gasteiger partial charge in [0.25, 0.3) is 0 Å². The highest BCUT2D eigenvalue weighted by molar-refractivity contribution is 4.58. The van der Waals surface area contributed by atoms with Gasteiger partial charge in [0.1, 0.15) is 0 Å². The van der Waals surface area contributed by atoms with Crippen molar-refractivity contribution < 1.29 is 4.65 Å². The van der Waals surface area contributed by atoms with E-state index in [9.17, 15) is 5.21 Å². The molecule has 0 aliphatic carbocycles. The van der Waals surface area contributed by atoms with Crippen molar-refractivity contribution in [2.45, 2.75) is 59.3 Å². The normalized spacial score (nSPS) is 16.1. The van der Waals surface area contributed by atoms with E-state index in [0.717, 1.165) is 24.8 Å². The number of nitrogens with zero attached hydrogens (tertiary/aromatic N) is 1. The summed E-state index contributed by atoms with van der Waals surface area (Å²) in [4.78, 5) is 0. The van der Waals surface area contributed by atoms with Gasteiger partial charge in [0.15, 0.2) is 0 Å². The topological polar surface area (TPSA) is 23.1 Å². The third kappa shape index (κ3) is 10.4. The van der Waals surface area contributed by atoms with Gasteiger partial charge in [0.2, 0.25) is 0 Å². The maximum atomic E-state index is 11.3. The largest absolute Gasteiger partial charge is 0.633 e. The first kappa shape index (κ1) is 15.9. The zero-order valence-corrected chi connectivity index (χ0v) is 12.0. The molecule has 0 fully saturated rings. The van der Waals surface area contributed by atoms with Crippen LogP contribution in [-0.4, -0.2) is 25.3 Å². The molecule has 0 amide bonds. The van der Waals surface area contributed by atoms with Crippen molar-refractivity contribution in [1.29, 1.82) is 0 Å². The van der Waals surface area contributed by atoms with Crippen molar-refractivity contribution in [2.24, 2.45) is 11.8 Å². The highest BCUT2D eigenvalue weighted by Crippen LogP contribution is 2.20. The van der Waals surface area contributed by atoms with Crippen LogP contribution in [0.4, 0.5) is 0 Å². The van der Waals surface area contributed by atoms with Gasteiger partial charge in [0.05, 0.1) is 20.6 Å². The lowest BCUT2D eigenvalue weighted by atomic mass is 9.91. The highest BCUT2D eigenvalue weighted by Gasteiger charge is 2.07. The Balaban J connectivity index is 3.38. The molecule has 0 radical (unpaired) electrons. The van der Waals surface area contributed by atoms with E-state index in [0.29, 0.717) is 0 Å². The fourth-order valence-corrected chi connectivity index (χ4v) is 2.13. The summed E-state index contributed by atoms with van der Waals surface area (Å²) >= 11 is 0. The van der Waals surface area contributed by atoms with Crippen LogP contribution < -0.4 is 0 Å². The summed E-state index contributed by atoms with van der Waals surface area (Å²) in [5.74, 6) is 1.72. The van der Waals surface area contributed by atoms with E-state index in [1.54, 1.807) is 14.1 Å². The van der Waals surface area contributed by atoms with E-state index < -0.39 is 0 Å². The second-order valence-corrected chi connectivity index (χ2v) is 6.00. The molecule has 98 valence electrons. The average molecular weight is 229 g/mol. The molecule has 2 heteroatoms. The van der Waals surface area contributed by atoms with Crippen LogP contribution in [0.5, 0.6) is 0 Å². The van der Waals surface area contributed by atoms with Crippen molar-refractivity contribution in [1.82, 2.24) is 0 Å². The Morgan fingerprint density at radius 2 is 1.62 bits per heavy atom. The summed E-state index contributed by atoms with van der Waals surface area (Å²) in [5.41, 5.74) is 0. The molecule has 0 N–H and O–H groups in total. The van der Waals surface area contributed by atoms with Gasteiger partial charge < -0.3 is 9.85 Å². The van der Waals surface area contributed by atoms with E-state index in [1.807, 2.05) is 0 Å². The van der Waals surface area contributed by atoms with E-state index >= 15 is 0 Å². The molecular weight excluding hydrogens is 198 g/mol. The van der Waals surface area contributed by atoms with Gasteiger partial charge >= 0.3 is 0 Å². The smallest absolute Gasteiger partial charge is 0.0779 e. The summed E-state index contributed by atoms with van der Waals surface area (Å²) in [6.07, 6.45) is 7.57. The molecule has 0 heterocycles. The lowest BCUT2D eigenvalue weighted by molar-refractivity contribution is -0.840. The lowest BCUT2D eigenvalue weighted by Crippen LogP contribution is -2.32. The van der Waals surface area contributed by atoms with Crippen molar-refractivity contribution >= 4 is 0 Å². The van der Waals surface area contributed by atoms with Crippen molar-refractivity contribution in [2.75, 3.05) is 20.6 Å². The molecule has 0 spiro atoms. The first-order valence-electron chi connectivity index (χ1n) is 6.89. The van der Waals surface area contributed by atoms with Crippen LogP contribution in [0.15, 0.2) is 0 Å². The minimum absolute atomic E-state index is 0.136.